The van der Waals surface area contributed by atoms with Crippen LogP contribution in [0.1, 0.15) is 24.2 Å². The van der Waals surface area contributed by atoms with E-state index in [4.69, 9.17) is 23.2 Å². The van der Waals surface area contributed by atoms with Crippen molar-refractivity contribution in [1.82, 2.24) is 0 Å². The van der Waals surface area contributed by atoms with Crippen molar-refractivity contribution in [3.8, 4) is 0 Å². The fourth-order valence-electron chi connectivity index (χ4n) is 2.83. The number of nitrogens with one attached hydrogen (secondary N) is 1. The Labute approximate surface area is 171 Å². The van der Waals surface area contributed by atoms with Crippen LogP contribution in [0.4, 0.5) is 15.8 Å². The number of hydrogen-bond donors (Lipinski definition) is 1. The van der Waals surface area contributed by atoms with Crippen LogP contribution in [0.3, 0.4) is 0 Å². The highest BCUT2D eigenvalue weighted by atomic mass is 35.5. The van der Waals surface area contributed by atoms with Crippen LogP contribution in [0, 0.1) is 11.2 Å². The zero-order valence-electron chi connectivity index (χ0n) is 14.8. The third kappa shape index (κ3) is 3.72. The van der Waals surface area contributed by atoms with Gasteiger partial charge in [-0.3, -0.25) is 9.59 Å². The van der Waals surface area contributed by atoms with Gasteiger partial charge in [0, 0.05) is 11.3 Å². The first-order valence-electron chi connectivity index (χ1n) is 8.06. The summed E-state index contributed by atoms with van der Waals surface area (Å²) in [6, 6.07) is 7.60. The Morgan fingerprint density at radius 1 is 1.14 bits per heavy atom. The molecule has 2 amide bonds. The van der Waals surface area contributed by atoms with Crippen molar-refractivity contribution >= 4 is 56.4 Å². The third-order valence-corrected chi connectivity index (χ3v) is 6.80. The highest BCUT2D eigenvalue weighted by Gasteiger charge is 2.50. The first-order valence-corrected chi connectivity index (χ1v) is 10.4. The van der Waals surface area contributed by atoms with Gasteiger partial charge in [-0.2, -0.15) is 0 Å². The summed E-state index contributed by atoms with van der Waals surface area (Å²) in [4.78, 5) is 25.1. The zero-order chi connectivity index (χ0) is 20.9. The lowest BCUT2D eigenvalue weighted by Crippen LogP contribution is -2.33. The largest absolute Gasteiger partial charge is 0.322 e. The van der Waals surface area contributed by atoms with E-state index in [1.807, 2.05) is 0 Å². The number of rotatable bonds is 3. The molecule has 0 saturated carbocycles. The number of benzene rings is 2. The smallest absolute Gasteiger partial charge is 0.255 e. The average molecular weight is 445 g/mol. The molecule has 1 aliphatic heterocycles. The molecule has 28 heavy (non-hydrogen) atoms. The van der Waals surface area contributed by atoms with Gasteiger partial charge >= 0.3 is 0 Å². The highest BCUT2D eigenvalue weighted by molar-refractivity contribution is 7.94. The maximum Gasteiger partial charge on any atom is 0.255 e. The lowest BCUT2D eigenvalue weighted by atomic mass is 9.95. The van der Waals surface area contributed by atoms with Gasteiger partial charge in [0.15, 0.2) is 0 Å². The van der Waals surface area contributed by atoms with Crippen LogP contribution in [0.5, 0.6) is 0 Å². The van der Waals surface area contributed by atoms with Crippen LogP contribution in [0.2, 0.25) is 10.0 Å². The van der Waals surface area contributed by atoms with E-state index in [1.54, 1.807) is 0 Å². The maximum absolute atomic E-state index is 13.2. The molecule has 0 atom stereocenters. The molecule has 148 valence electrons. The molecular weight excluding hydrogens is 430 g/mol. The van der Waals surface area contributed by atoms with E-state index in [-0.39, 0.29) is 32.7 Å². The topological polar surface area (TPSA) is 83.6 Å². The molecule has 0 unspecified atom stereocenters. The van der Waals surface area contributed by atoms with E-state index >= 15 is 0 Å². The summed E-state index contributed by atoms with van der Waals surface area (Å²) in [5.74, 6) is -2.23. The molecule has 1 heterocycles. The number of sulfonamides is 1. The number of carbonyl (C=O) groups excluding carboxylic acids is 2. The lowest BCUT2D eigenvalue weighted by molar-refractivity contribution is -0.123. The molecule has 1 fully saturated rings. The molecule has 0 bridgehead atoms. The standard InChI is InChI=1S/C18H15Cl2FN2O4S/c1-18(2)9-28(26,27)23(17(18)25)15-7-10(3-5-12(15)19)16(24)22-11-4-6-14(21)13(20)8-11/h3-8H,9H2,1-2H3,(H,22,24). The normalized spacial score (nSPS) is 17.6. The Morgan fingerprint density at radius 2 is 1.82 bits per heavy atom. The third-order valence-electron chi connectivity index (χ3n) is 4.19. The van der Waals surface area contributed by atoms with Crippen LogP contribution in [-0.2, 0) is 14.8 Å². The lowest BCUT2D eigenvalue weighted by Gasteiger charge is -2.19. The van der Waals surface area contributed by atoms with Crippen molar-refractivity contribution in [3.63, 3.8) is 0 Å². The Kier molecular flexibility index (Phi) is 5.16. The van der Waals surface area contributed by atoms with Gasteiger partial charge in [-0.1, -0.05) is 23.2 Å². The van der Waals surface area contributed by atoms with Crippen molar-refractivity contribution in [1.29, 1.82) is 0 Å². The second-order valence-corrected chi connectivity index (χ2v) is 9.59. The number of hydrogen-bond acceptors (Lipinski definition) is 4. The summed E-state index contributed by atoms with van der Waals surface area (Å²) in [5, 5.41) is 2.37. The van der Waals surface area contributed by atoms with E-state index in [9.17, 15) is 22.4 Å². The second kappa shape index (κ2) is 7.02. The quantitative estimate of drug-likeness (QED) is 0.772. The van der Waals surface area contributed by atoms with Crippen molar-refractivity contribution in [2.45, 2.75) is 13.8 Å². The minimum absolute atomic E-state index is 0.0102. The molecule has 1 N–H and O–H groups in total. The summed E-state index contributed by atoms with van der Waals surface area (Å²) in [7, 11) is -3.92. The molecule has 1 aliphatic rings. The number of amides is 2. The number of anilines is 2. The Hall–Kier alpha value is -2.16. The van der Waals surface area contributed by atoms with Crippen LogP contribution in [-0.4, -0.2) is 26.0 Å². The average Bonchev–Trinajstić information content (AvgIpc) is 2.75. The van der Waals surface area contributed by atoms with E-state index in [0.29, 0.717) is 4.31 Å². The van der Waals surface area contributed by atoms with Crippen molar-refractivity contribution in [2.75, 3.05) is 15.4 Å². The Balaban J connectivity index is 1.96. The SMILES string of the molecule is CC1(C)CS(=O)(=O)N(c2cc(C(=O)Nc3ccc(F)c(Cl)c3)ccc2Cl)C1=O. The first-order chi connectivity index (χ1) is 12.9. The van der Waals surface area contributed by atoms with E-state index < -0.39 is 33.1 Å². The zero-order valence-corrected chi connectivity index (χ0v) is 17.1. The summed E-state index contributed by atoms with van der Waals surface area (Å²) >= 11 is 11.8. The second-order valence-electron chi connectivity index (χ2n) is 6.96. The van der Waals surface area contributed by atoms with Crippen LogP contribution in [0.25, 0.3) is 0 Å². The molecule has 1 saturated heterocycles. The predicted octanol–water partition coefficient (Wildman–Crippen LogP) is 4.09. The van der Waals surface area contributed by atoms with Gasteiger partial charge < -0.3 is 5.32 Å². The molecule has 3 rings (SSSR count). The fourth-order valence-corrected chi connectivity index (χ4v) is 5.38. The molecule has 0 spiro atoms. The van der Waals surface area contributed by atoms with Gasteiger partial charge in [0.25, 0.3) is 5.91 Å². The minimum Gasteiger partial charge on any atom is -0.322 e. The highest BCUT2D eigenvalue weighted by Crippen LogP contribution is 2.39. The maximum atomic E-state index is 13.2. The fraction of sp³-hybridized carbons (Fsp3) is 0.222. The molecular formula is C18H15Cl2FN2O4S. The monoisotopic (exact) mass is 444 g/mol. The molecule has 0 radical (unpaired) electrons. The van der Waals surface area contributed by atoms with E-state index in [0.717, 1.165) is 6.07 Å². The first kappa shape index (κ1) is 20.6. The van der Waals surface area contributed by atoms with Crippen LogP contribution >= 0.6 is 23.2 Å². The summed E-state index contributed by atoms with van der Waals surface area (Å²) in [6.45, 7) is 3.05. The van der Waals surface area contributed by atoms with Crippen LogP contribution in [0.15, 0.2) is 36.4 Å². The summed E-state index contributed by atoms with van der Waals surface area (Å²) in [6.07, 6.45) is 0. The number of nitrogens with zero attached hydrogens (tertiary/aromatic N) is 1. The number of carbonyl (C=O) groups is 2. The van der Waals surface area contributed by atoms with Crippen molar-refractivity contribution < 1.29 is 22.4 Å². The molecule has 2 aromatic carbocycles. The van der Waals surface area contributed by atoms with Crippen LogP contribution < -0.4 is 9.62 Å². The predicted molar refractivity (Wildman–Crippen MR) is 106 cm³/mol. The van der Waals surface area contributed by atoms with Gasteiger partial charge in [-0.15, -0.1) is 0 Å². The molecule has 0 aliphatic carbocycles. The van der Waals surface area contributed by atoms with Gasteiger partial charge in [-0.25, -0.2) is 17.1 Å². The molecule has 10 heteroatoms. The molecule has 0 aromatic heterocycles. The summed E-state index contributed by atoms with van der Waals surface area (Å²) in [5.41, 5.74) is -0.890. The minimum atomic E-state index is -3.92. The van der Waals surface area contributed by atoms with Gasteiger partial charge in [0.05, 0.1) is 26.9 Å². The van der Waals surface area contributed by atoms with Gasteiger partial charge in [0.2, 0.25) is 15.9 Å². The Bertz CT molecular complexity index is 1100. The van der Waals surface area contributed by atoms with E-state index in [1.165, 1.54) is 44.2 Å². The summed E-state index contributed by atoms with van der Waals surface area (Å²) < 4.78 is 38.8. The van der Waals surface area contributed by atoms with Gasteiger partial charge in [-0.05, 0) is 50.2 Å². The van der Waals surface area contributed by atoms with Crippen molar-refractivity contribution in [2.24, 2.45) is 5.41 Å². The molecule has 6 nitrogen and oxygen atoms in total. The van der Waals surface area contributed by atoms with E-state index in [2.05, 4.69) is 5.32 Å². The Morgan fingerprint density at radius 3 is 2.39 bits per heavy atom. The molecule has 2 aromatic rings. The van der Waals surface area contributed by atoms with Gasteiger partial charge in [0.1, 0.15) is 5.82 Å². The van der Waals surface area contributed by atoms with Crippen molar-refractivity contribution in [3.05, 3.63) is 57.8 Å². The number of halogens is 3.